The second-order valence-electron chi connectivity index (χ2n) is 2.88. The van der Waals surface area contributed by atoms with E-state index in [1.807, 2.05) is 6.92 Å². The van der Waals surface area contributed by atoms with Gasteiger partial charge in [0, 0.05) is 12.8 Å². The Morgan fingerprint density at radius 2 is 2.00 bits per heavy atom. The van der Waals surface area contributed by atoms with Gasteiger partial charge in [0.25, 0.3) is 0 Å². The van der Waals surface area contributed by atoms with Crippen molar-refractivity contribution >= 4 is 11.6 Å². The lowest BCUT2D eigenvalue weighted by Gasteiger charge is -2.10. The zero-order chi connectivity index (χ0) is 9.56. The first kappa shape index (κ1) is 11.3. The van der Waals surface area contributed by atoms with Crippen LogP contribution in [-0.4, -0.2) is 24.7 Å². The highest BCUT2D eigenvalue weighted by Crippen LogP contribution is 2.00. The van der Waals surface area contributed by atoms with Gasteiger partial charge in [-0.3, -0.25) is 9.59 Å². The lowest BCUT2D eigenvalue weighted by molar-refractivity contribution is -0.120. The molecular formula is C9H17NO2. The quantitative estimate of drug-likeness (QED) is 0.646. The van der Waals surface area contributed by atoms with Crippen LogP contribution in [0.3, 0.4) is 0 Å². The summed E-state index contributed by atoms with van der Waals surface area (Å²) < 4.78 is 0. The monoisotopic (exact) mass is 171 g/mol. The van der Waals surface area contributed by atoms with Gasteiger partial charge in [-0.25, -0.2) is 0 Å². The minimum atomic E-state index is -0.152. The van der Waals surface area contributed by atoms with Crippen molar-refractivity contribution in [3.63, 3.8) is 0 Å². The molecule has 0 aromatic carbocycles. The van der Waals surface area contributed by atoms with E-state index in [1.54, 1.807) is 7.05 Å². The van der Waals surface area contributed by atoms with Gasteiger partial charge < -0.3 is 5.32 Å². The van der Waals surface area contributed by atoms with Gasteiger partial charge in [0.1, 0.15) is 11.6 Å². The van der Waals surface area contributed by atoms with Crippen molar-refractivity contribution in [3.05, 3.63) is 0 Å². The van der Waals surface area contributed by atoms with Crippen molar-refractivity contribution in [2.45, 2.75) is 39.2 Å². The molecule has 0 aromatic rings. The van der Waals surface area contributed by atoms with Crippen molar-refractivity contribution in [3.8, 4) is 0 Å². The molecule has 0 bridgehead atoms. The second-order valence-corrected chi connectivity index (χ2v) is 2.88. The average Bonchev–Trinajstić information content (AvgIpc) is 2.04. The molecule has 0 aliphatic carbocycles. The first-order valence-electron chi connectivity index (χ1n) is 4.31. The van der Waals surface area contributed by atoms with Crippen LogP contribution in [0.5, 0.6) is 0 Å². The van der Waals surface area contributed by atoms with E-state index in [1.165, 1.54) is 6.92 Å². The molecule has 0 saturated carbocycles. The van der Waals surface area contributed by atoms with E-state index in [4.69, 9.17) is 0 Å². The molecule has 0 aliphatic heterocycles. The maximum atomic E-state index is 10.9. The van der Waals surface area contributed by atoms with E-state index in [0.717, 1.165) is 0 Å². The third kappa shape index (κ3) is 4.23. The van der Waals surface area contributed by atoms with Crippen molar-refractivity contribution in [2.24, 2.45) is 0 Å². The largest absolute Gasteiger partial charge is 0.311 e. The molecule has 70 valence electrons. The summed E-state index contributed by atoms with van der Waals surface area (Å²) in [7, 11) is 1.74. The first-order chi connectivity index (χ1) is 5.61. The third-order valence-electron chi connectivity index (χ3n) is 1.95. The number of hydrogen-bond donors (Lipinski definition) is 1. The molecule has 0 fully saturated rings. The predicted octanol–water partition coefficient (Wildman–Crippen LogP) is 0.923. The topological polar surface area (TPSA) is 46.2 Å². The fourth-order valence-electron chi connectivity index (χ4n) is 1.03. The molecule has 12 heavy (non-hydrogen) atoms. The molecule has 1 N–H and O–H groups in total. The minimum Gasteiger partial charge on any atom is -0.311 e. The Labute approximate surface area is 73.5 Å². The predicted molar refractivity (Wildman–Crippen MR) is 48.1 cm³/mol. The number of nitrogens with one attached hydrogen (secondary N) is 1. The SMILES string of the molecule is CCC(=O)CC[C@H](NC)C(C)=O. The van der Waals surface area contributed by atoms with Crippen LogP contribution in [0.25, 0.3) is 0 Å². The van der Waals surface area contributed by atoms with Crippen molar-refractivity contribution in [1.29, 1.82) is 0 Å². The summed E-state index contributed by atoms with van der Waals surface area (Å²) in [6.45, 7) is 3.38. The van der Waals surface area contributed by atoms with Crippen LogP contribution in [-0.2, 0) is 9.59 Å². The Morgan fingerprint density at radius 3 is 2.33 bits per heavy atom. The summed E-state index contributed by atoms with van der Waals surface area (Å²) in [4.78, 5) is 21.8. The van der Waals surface area contributed by atoms with E-state index < -0.39 is 0 Å². The molecule has 0 saturated heterocycles. The van der Waals surface area contributed by atoms with Crippen LogP contribution in [0, 0.1) is 0 Å². The summed E-state index contributed by atoms with van der Waals surface area (Å²) >= 11 is 0. The van der Waals surface area contributed by atoms with E-state index in [9.17, 15) is 9.59 Å². The zero-order valence-electron chi connectivity index (χ0n) is 8.02. The highest BCUT2D eigenvalue weighted by molar-refractivity contribution is 5.83. The molecule has 0 spiro atoms. The molecule has 3 heteroatoms. The van der Waals surface area contributed by atoms with Crippen molar-refractivity contribution < 1.29 is 9.59 Å². The van der Waals surface area contributed by atoms with Crippen molar-refractivity contribution in [1.82, 2.24) is 5.32 Å². The number of Topliss-reactive ketones (excluding diaryl/α,β-unsaturated/α-hetero) is 2. The Bertz CT molecular complexity index is 166. The molecule has 0 heterocycles. The molecule has 0 rings (SSSR count). The Kier molecular flexibility index (Phi) is 5.54. The van der Waals surface area contributed by atoms with Gasteiger partial charge in [0.05, 0.1) is 6.04 Å². The van der Waals surface area contributed by atoms with Gasteiger partial charge in [0.2, 0.25) is 0 Å². The number of rotatable bonds is 6. The average molecular weight is 171 g/mol. The number of hydrogen-bond acceptors (Lipinski definition) is 3. The molecule has 0 aliphatic rings. The first-order valence-corrected chi connectivity index (χ1v) is 4.31. The third-order valence-corrected chi connectivity index (χ3v) is 1.95. The van der Waals surface area contributed by atoms with E-state index in [-0.39, 0.29) is 17.6 Å². The van der Waals surface area contributed by atoms with E-state index >= 15 is 0 Å². The number of carbonyl (C=O) groups excluding carboxylic acids is 2. The summed E-state index contributed by atoms with van der Waals surface area (Å²) in [6, 6.07) is -0.152. The Morgan fingerprint density at radius 1 is 1.42 bits per heavy atom. The normalized spacial score (nSPS) is 12.6. The minimum absolute atomic E-state index is 0.0985. The van der Waals surface area contributed by atoms with Gasteiger partial charge in [-0.1, -0.05) is 6.92 Å². The fourth-order valence-corrected chi connectivity index (χ4v) is 1.03. The van der Waals surface area contributed by atoms with Gasteiger partial charge >= 0.3 is 0 Å². The highest BCUT2D eigenvalue weighted by atomic mass is 16.1. The molecule has 0 unspecified atom stereocenters. The second kappa shape index (κ2) is 5.89. The van der Waals surface area contributed by atoms with E-state index in [2.05, 4.69) is 5.32 Å². The van der Waals surface area contributed by atoms with Crippen LogP contribution in [0.2, 0.25) is 0 Å². The summed E-state index contributed by atoms with van der Waals surface area (Å²) in [5.74, 6) is 0.318. The van der Waals surface area contributed by atoms with Gasteiger partial charge in [-0.2, -0.15) is 0 Å². The van der Waals surface area contributed by atoms with E-state index in [0.29, 0.717) is 19.3 Å². The summed E-state index contributed by atoms with van der Waals surface area (Å²) in [6.07, 6.45) is 1.69. The van der Waals surface area contributed by atoms with Gasteiger partial charge in [0.15, 0.2) is 0 Å². The maximum absolute atomic E-state index is 10.9. The molecule has 1 atom stereocenters. The summed E-state index contributed by atoms with van der Waals surface area (Å²) in [5.41, 5.74) is 0. The van der Waals surface area contributed by atoms with Gasteiger partial charge in [-0.05, 0) is 20.4 Å². The zero-order valence-corrected chi connectivity index (χ0v) is 8.02. The molecule has 0 amide bonds. The van der Waals surface area contributed by atoms with Crippen LogP contribution in [0.1, 0.15) is 33.1 Å². The van der Waals surface area contributed by atoms with Gasteiger partial charge in [-0.15, -0.1) is 0 Å². The standard InChI is InChI=1S/C9H17NO2/c1-4-8(12)5-6-9(10-3)7(2)11/h9-10H,4-6H2,1-3H3/t9-/m0/s1. The van der Waals surface area contributed by atoms with Crippen LogP contribution in [0.4, 0.5) is 0 Å². The highest BCUT2D eigenvalue weighted by Gasteiger charge is 2.12. The number of ketones is 2. The summed E-state index contributed by atoms with van der Waals surface area (Å²) in [5, 5.41) is 2.88. The Balaban J connectivity index is 3.73. The molecular weight excluding hydrogens is 154 g/mol. The number of carbonyl (C=O) groups is 2. The molecule has 0 aromatic heterocycles. The lowest BCUT2D eigenvalue weighted by atomic mass is 10.1. The van der Waals surface area contributed by atoms with Crippen LogP contribution in [0.15, 0.2) is 0 Å². The maximum Gasteiger partial charge on any atom is 0.146 e. The van der Waals surface area contributed by atoms with Crippen LogP contribution < -0.4 is 5.32 Å². The molecule has 3 nitrogen and oxygen atoms in total. The lowest BCUT2D eigenvalue weighted by Crippen LogP contribution is -2.32. The molecule has 0 radical (unpaired) electrons. The fraction of sp³-hybridized carbons (Fsp3) is 0.778. The van der Waals surface area contributed by atoms with Crippen molar-refractivity contribution in [2.75, 3.05) is 7.05 Å². The van der Waals surface area contributed by atoms with Crippen LogP contribution >= 0.6 is 0 Å². The number of likely N-dealkylation sites (N-methyl/N-ethyl adjacent to an activating group) is 1. The smallest absolute Gasteiger partial charge is 0.146 e. The Hall–Kier alpha value is -0.700.